The van der Waals surface area contributed by atoms with E-state index in [4.69, 9.17) is 11.6 Å². The summed E-state index contributed by atoms with van der Waals surface area (Å²) in [6, 6.07) is 7.32. The molecule has 0 bridgehead atoms. The molecular weight excluding hydrogens is 396 g/mol. The van der Waals surface area contributed by atoms with Crippen molar-refractivity contribution in [2.75, 3.05) is 45.1 Å². The van der Waals surface area contributed by atoms with Crippen molar-refractivity contribution in [2.24, 2.45) is 0 Å². The highest BCUT2D eigenvalue weighted by Gasteiger charge is 2.25. The molecule has 1 aliphatic rings. The number of hydrogen-bond acceptors (Lipinski definition) is 5. The lowest BCUT2D eigenvalue weighted by Gasteiger charge is -2.37. The molecule has 1 aromatic heterocycles. The second-order valence-corrected chi connectivity index (χ2v) is 8.25. The van der Waals surface area contributed by atoms with E-state index in [0.717, 1.165) is 31.7 Å². The molecule has 1 fully saturated rings. The number of amides is 2. The molecule has 8 heteroatoms. The van der Waals surface area contributed by atoms with E-state index in [1.807, 2.05) is 12.3 Å². The summed E-state index contributed by atoms with van der Waals surface area (Å²) in [6.07, 6.45) is 0. The summed E-state index contributed by atoms with van der Waals surface area (Å²) >= 11 is 7.61. The van der Waals surface area contributed by atoms with Gasteiger partial charge in [-0.1, -0.05) is 17.7 Å². The summed E-state index contributed by atoms with van der Waals surface area (Å²) in [7, 11) is 2.11. The van der Waals surface area contributed by atoms with E-state index >= 15 is 0 Å². The molecule has 0 aliphatic carbocycles. The number of aryl methyl sites for hydroxylation is 1. The fraction of sp³-hybridized carbons (Fsp3) is 0.400. The molecule has 28 heavy (non-hydrogen) atoms. The lowest BCUT2D eigenvalue weighted by molar-refractivity contribution is -0.136. The molecule has 1 aromatic carbocycles. The number of carbonyl (C=O) groups is 2. The van der Waals surface area contributed by atoms with Gasteiger partial charge >= 0.3 is 11.8 Å². The van der Waals surface area contributed by atoms with Crippen LogP contribution < -0.4 is 10.6 Å². The van der Waals surface area contributed by atoms with Gasteiger partial charge in [0.1, 0.15) is 0 Å². The Kier molecular flexibility index (Phi) is 7.07. The Balaban J connectivity index is 1.61. The monoisotopic (exact) mass is 420 g/mol. The van der Waals surface area contributed by atoms with Gasteiger partial charge in [0.05, 0.1) is 6.04 Å². The summed E-state index contributed by atoms with van der Waals surface area (Å²) in [4.78, 5) is 29.3. The maximum atomic E-state index is 12.4. The highest BCUT2D eigenvalue weighted by Crippen LogP contribution is 2.24. The van der Waals surface area contributed by atoms with Gasteiger partial charge in [0.2, 0.25) is 0 Å². The van der Waals surface area contributed by atoms with Gasteiger partial charge in [-0.05, 0) is 54.1 Å². The van der Waals surface area contributed by atoms with Crippen LogP contribution in [0.25, 0.3) is 0 Å². The fourth-order valence-corrected chi connectivity index (χ4v) is 4.11. The van der Waals surface area contributed by atoms with Crippen molar-refractivity contribution < 1.29 is 9.59 Å². The van der Waals surface area contributed by atoms with Crippen LogP contribution in [0.4, 0.5) is 5.69 Å². The Labute approximate surface area is 174 Å². The Morgan fingerprint density at radius 3 is 2.61 bits per heavy atom. The van der Waals surface area contributed by atoms with E-state index in [1.54, 1.807) is 29.5 Å². The van der Waals surface area contributed by atoms with Gasteiger partial charge in [-0.15, -0.1) is 0 Å². The number of likely N-dealkylation sites (N-methyl/N-ethyl adjacent to an activating group) is 1. The predicted octanol–water partition coefficient (Wildman–Crippen LogP) is 2.75. The zero-order valence-corrected chi connectivity index (χ0v) is 17.6. The first-order valence-electron chi connectivity index (χ1n) is 9.24. The molecular formula is C20H25ClN4O2S. The van der Waals surface area contributed by atoms with E-state index in [2.05, 4.69) is 38.9 Å². The Bertz CT molecular complexity index is 820. The van der Waals surface area contributed by atoms with E-state index < -0.39 is 11.8 Å². The second-order valence-electron chi connectivity index (χ2n) is 7.04. The van der Waals surface area contributed by atoms with E-state index in [9.17, 15) is 9.59 Å². The number of benzene rings is 1. The maximum Gasteiger partial charge on any atom is 0.313 e. The minimum Gasteiger partial charge on any atom is -0.346 e. The lowest BCUT2D eigenvalue weighted by atomic mass is 10.1. The number of nitrogens with one attached hydrogen (secondary N) is 2. The highest BCUT2D eigenvalue weighted by molar-refractivity contribution is 7.08. The normalized spacial score (nSPS) is 16.5. The van der Waals surface area contributed by atoms with Gasteiger partial charge < -0.3 is 15.5 Å². The average Bonchev–Trinajstić information content (AvgIpc) is 3.20. The van der Waals surface area contributed by atoms with E-state index in [-0.39, 0.29) is 6.04 Å². The molecule has 3 rings (SSSR count). The molecule has 0 radical (unpaired) electrons. The van der Waals surface area contributed by atoms with Crippen LogP contribution in [0.1, 0.15) is 17.2 Å². The van der Waals surface area contributed by atoms with Crippen molar-refractivity contribution in [3.8, 4) is 0 Å². The number of piperazine rings is 1. The molecule has 0 unspecified atom stereocenters. The molecule has 0 saturated carbocycles. The summed E-state index contributed by atoms with van der Waals surface area (Å²) in [6.45, 7) is 6.08. The summed E-state index contributed by atoms with van der Waals surface area (Å²) < 4.78 is 0. The van der Waals surface area contributed by atoms with Crippen molar-refractivity contribution in [1.82, 2.24) is 15.1 Å². The summed E-state index contributed by atoms with van der Waals surface area (Å²) in [5, 5.41) is 10.1. The number of rotatable bonds is 5. The second kappa shape index (κ2) is 9.52. The molecule has 1 aliphatic heterocycles. The van der Waals surface area contributed by atoms with Crippen molar-refractivity contribution >= 4 is 40.4 Å². The Morgan fingerprint density at radius 1 is 1.18 bits per heavy atom. The molecule has 2 N–H and O–H groups in total. The van der Waals surface area contributed by atoms with Crippen molar-refractivity contribution in [2.45, 2.75) is 13.0 Å². The lowest BCUT2D eigenvalue weighted by Crippen LogP contribution is -2.49. The Hall–Kier alpha value is -1.93. The van der Waals surface area contributed by atoms with Gasteiger partial charge in [-0.3, -0.25) is 14.5 Å². The van der Waals surface area contributed by atoms with Crippen LogP contribution >= 0.6 is 22.9 Å². The summed E-state index contributed by atoms with van der Waals surface area (Å²) in [5.74, 6) is -1.33. The zero-order valence-electron chi connectivity index (χ0n) is 16.1. The number of carbonyl (C=O) groups excluding carboxylic acids is 2. The van der Waals surface area contributed by atoms with Crippen LogP contribution in [0.3, 0.4) is 0 Å². The molecule has 6 nitrogen and oxygen atoms in total. The van der Waals surface area contributed by atoms with Crippen molar-refractivity contribution in [1.29, 1.82) is 0 Å². The molecule has 2 amide bonds. The van der Waals surface area contributed by atoms with Crippen LogP contribution in [0.5, 0.6) is 0 Å². The highest BCUT2D eigenvalue weighted by atomic mass is 35.5. The SMILES string of the molecule is Cc1ccc(Cl)cc1NC(=O)C(=O)NC[C@H](c1ccsc1)N1CCN(C)CC1. The van der Waals surface area contributed by atoms with Crippen molar-refractivity contribution in [3.63, 3.8) is 0 Å². The third-order valence-electron chi connectivity index (χ3n) is 5.02. The largest absolute Gasteiger partial charge is 0.346 e. The minimum absolute atomic E-state index is 0.0598. The van der Waals surface area contributed by atoms with Gasteiger partial charge in [-0.2, -0.15) is 11.3 Å². The number of nitrogens with zero attached hydrogens (tertiary/aromatic N) is 2. The molecule has 1 atom stereocenters. The molecule has 2 aromatic rings. The van der Waals surface area contributed by atoms with Gasteiger partial charge in [-0.25, -0.2) is 0 Å². The van der Waals surface area contributed by atoms with Crippen molar-refractivity contribution in [3.05, 3.63) is 51.2 Å². The Morgan fingerprint density at radius 2 is 1.93 bits per heavy atom. The number of halogens is 1. The standard InChI is InChI=1S/C20H25ClN4O2S/c1-14-3-4-16(21)11-17(14)23-20(27)19(26)22-12-18(15-5-10-28-13-15)25-8-6-24(2)7-9-25/h3-5,10-11,13,18H,6-9,12H2,1-2H3,(H,22,26)(H,23,27)/t18-/m1/s1. The zero-order chi connectivity index (χ0) is 20.1. The first kappa shape index (κ1) is 20.8. The first-order valence-corrected chi connectivity index (χ1v) is 10.6. The molecule has 150 valence electrons. The van der Waals surface area contributed by atoms with Gasteiger partial charge in [0, 0.05) is 43.4 Å². The maximum absolute atomic E-state index is 12.4. The average molecular weight is 421 g/mol. The van der Waals surface area contributed by atoms with Crippen LogP contribution in [-0.4, -0.2) is 61.4 Å². The van der Waals surface area contributed by atoms with Crippen LogP contribution in [-0.2, 0) is 9.59 Å². The molecule has 0 spiro atoms. The van der Waals surface area contributed by atoms with Crippen LogP contribution in [0.15, 0.2) is 35.0 Å². The third kappa shape index (κ3) is 5.32. The molecule has 2 heterocycles. The van der Waals surface area contributed by atoms with Crippen LogP contribution in [0.2, 0.25) is 5.02 Å². The quantitative estimate of drug-likeness (QED) is 0.730. The van der Waals surface area contributed by atoms with E-state index in [0.29, 0.717) is 17.3 Å². The third-order valence-corrected chi connectivity index (χ3v) is 5.95. The van der Waals surface area contributed by atoms with Gasteiger partial charge in [0.25, 0.3) is 0 Å². The number of thiophene rings is 1. The molecule has 1 saturated heterocycles. The smallest absolute Gasteiger partial charge is 0.313 e. The van der Waals surface area contributed by atoms with E-state index in [1.165, 1.54) is 5.56 Å². The topological polar surface area (TPSA) is 64.7 Å². The number of hydrogen-bond donors (Lipinski definition) is 2. The number of anilines is 1. The minimum atomic E-state index is -0.687. The van der Waals surface area contributed by atoms with Crippen LogP contribution in [0, 0.1) is 6.92 Å². The predicted molar refractivity (Wildman–Crippen MR) is 114 cm³/mol. The van der Waals surface area contributed by atoms with Gasteiger partial charge in [0.15, 0.2) is 0 Å². The first-order chi connectivity index (χ1) is 13.4. The fourth-order valence-electron chi connectivity index (χ4n) is 3.23. The summed E-state index contributed by atoms with van der Waals surface area (Å²) in [5.41, 5.74) is 2.56.